The second-order valence-electron chi connectivity index (χ2n) is 3.21. The van der Waals surface area contributed by atoms with Crippen LogP contribution in [0.15, 0.2) is 0 Å². The molecular formula is C9H18N2O. The first kappa shape index (κ1) is 11.4. The van der Waals surface area contributed by atoms with Crippen molar-refractivity contribution in [2.24, 2.45) is 0 Å². The van der Waals surface area contributed by atoms with E-state index < -0.39 is 0 Å². The summed E-state index contributed by atoms with van der Waals surface area (Å²) in [6.45, 7) is 4.66. The zero-order chi connectivity index (χ0) is 9.40. The van der Waals surface area contributed by atoms with Gasteiger partial charge in [0.1, 0.15) is 0 Å². The van der Waals surface area contributed by atoms with Crippen LogP contribution in [0.3, 0.4) is 0 Å². The van der Waals surface area contributed by atoms with Crippen molar-refractivity contribution in [1.29, 1.82) is 5.26 Å². The maximum absolute atomic E-state index is 8.94. The van der Waals surface area contributed by atoms with Crippen molar-refractivity contribution in [3.05, 3.63) is 0 Å². The van der Waals surface area contributed by atoms with Gasteiger partial charge in [-0.1, -0.05) is 0 Å². The fourth-order valence-corrected chi connectivity index (χ4v) is 0.955. The van der Waals surface area contributed by atoms with E-state index in [4.69, 9.17) is 10.4 Å². The lowest BCUT2D eigenvalue weighted by Gasteiger charge is -2.10. The van der Waals surface area contributed by atoms with Gasteiger partial charge >= 0.3 is 0 Å². The molecule has 0 aliphatic carbocycles. The third-order valence-corrected chi connectivity index (χ3v) is 1.69. The van der Waals surface area contributed by atoms with E-state index >= 15 is 0 Å². The third kappa shape index (κ3) is 7.52. The predicted octanol–water partition coefficient (Wildman–Crippen LogP) is 1.04. The summed E-state index contributed by atoms with van der Waals surface area (Å²) >= 11 is 0. The van der Waals surface area contributed by atoms with Gasteiger partial charge in [-0.15, -0.1) is 0 Å². The van der Waals surface area contributed by atoms with Crippen molar-refractivity contribution in [2.75, 3.05) is 6.54 Å². The second-order valence-corrected chi connectivity index (χ2v) is 3.21. The molecule has 12 heavy (non-hydrogen) atoms. The van der Waals surface area contributed by atoms with Gasteiger partial charge in [0, 0.05) is 6.04 Å². The average molecular weight is 170 g/mol. The fraction of sp³-hybridized carbons (Fsp3) is 0.889. The Morgan fingerprint density at radius 2 is 2.17 bits per heavy atom. The number of hydrogen-bond donors (Lipinski definition) is 2. The Balaban J connectivity index is 3.15. The lowest BCUT2D eigenvalue weighted by atomic mass is 10.2. The molecule has 3 nitrogen and oxygen atoms in total. The number of rotatable bonds is 6. The van der Waals surface area contributed by atoms with Crippen molar-refractivity contribution < 1.29 is 5.11 Å². The Kier molecular flexibility index (Phi) is 6.73. The first-order valence-corrected chi connectivity index (χ1v) is 4.45. The van der Waals surface area contributed by atoms with Crippen LogP contribution < -0.4 is 5.32 Å². The molecule has 0 saturated carbocycles. The molecule has 0 radical (unpaired) electrons. The van der Waals surface area contributed by atoms with Crippen LogP contribution in [0.4, 0.5) is 0 Å². The Hall–Kier alpha value is -0.590. The van der Waals surface area contributed by atoms with Gasteiger partial charge in [0.2, 0.25) is 0 Å². The van der Waals surface area contributed by atoms with E-state index in [0.29, 0.717) is 6.42 Å². The summed E-state index contributed by atoms with van der Waals surface area (Å²) in [6, 6.07) is 2.37. The van der Waals surface area contributed by atoms with Crippen LogP contribution in [0, 0.1) is 11.3 Å². The lowest BCUT2D eigenvalue weighted by molar-refractivity contribution is 0.181. The minimum absolute atomic E-state index is 0.210. The van der Waals surface area contributed by atoms with Crippen LogP contribution in [0.25, 0.3) is 0 Å². The van der Waals surface area contributed by atoms with Gasteiger partial charge in [0.15, 0.2) is 0 Å². The largest absolute Gasteiger partial charge is 0.393 e. The number of nitrogens with zero attached hydrogens (tertiary/aromatic N) is 1. The highest BCUT2D eigenvalue weighted by Gasteiger charge is 1.99. The number of hydrogen-bond acceptors (Lipinski definition) is 3. The molecule has 0 spiro atoms. The van der Waals surface area contributed by atoms with Crippen LogP contribution in [0.2, 0.25) is 0 Å². The molecule has 0 rings (SSSR count). The van der Waals surface area contributed by atoms with Crippen LogP contribution in [0.1, 0.15) is 33.1 Å². The molecule has 0 aliphatic heterocycles. The van der Waals surface area contributed by atoms with Crippen LogP contribution in [-0.2, 0) is 0 Å². The van der Waals surface area contributed by atoms with E-state index in [9.17, 15) is 0 Å². The summed E-state index contributed by atoms with van der Waals surface area (Å²) in [6.07, 6.45) is 2.13. The first-order chi connectivity index (χ1) is 5.66. The smallest absolute Gasteiger partial charge is 0.0638 e. The van der Waals surface area contributed by atoms with E-state index in [1.807, 2.05) is 6.92 Å². The number of aliphatic hydroxyl groups excluding tert-OH is 1. The summed E-state index contributed by atoms with van der Waals surface area (Å²) in [7, 11) is 0. The zero-order valence-corrected chi connectivity index (χ0v) is 7.88. The second kappa shape index (κ2) is 7.08. The van der Waals surface area contributed by atoms with Crippen molar-refractivity contribution in [2.45, 2.75) is 45.3 Å². The van der Waals surface area contributed by atoms with Crippen molar-refractivity contribution in [3.63, 3.8) is 0 Å². The first-order valence-electron chi connectivity index (χ1n) is 4.45. The van der Waals surface area contributed by atoms with E-state index in [0.717, 1.165) is 19.4 Å². The Labute approximate surface area is 74.4 Å². The highest BCUT2D eigenvalue weighted by Crippen LogP contribution is 1.95. The van der Waals surface area contributed by atoms with E-state index in [2.05, 4.69) is 11.4 Å². The maximum Gasteiger partial charge on any atom is 0.0638 e. The topological polar surface area (TPSA) is 56.0 Å². The standard InChI is InChI=1S/C9H18N2O/c1-8(5-6-10)11-7-3-4-9(2)12/h8-9,11-12H,3-5,7H2,1-2H3. The highest BCUT2D eigenvalue weighted by molar-refractivity contribution is 4.77. The molecule has 0 fully saturated rings. The summed E-state index contributed by atoms with van der Waals surface area (Å²) in [4.78, 5) is 0. The lowest BCUT2D eigenvalue weighted by Crippen LogP contribution is -2.26. The quantitative estimate of drug-likeness (QED) is 0.586. The van der Waals surface area contributed by atoms with E-state index in [-0.39, 0.29) is 12.1 Å². The molecule has 0 aromatic heterocycles. The average Bonchev–Trinajstić information content (AvgIpc) is 1.98. The Morgan fingerprint density at radius 3 is 2.67 bits per heavy atom. The molecular weight excluding hydrogens is 152 g/mol. The highest BCUT2D eigenvalue weighted by atomic mass is 16.3. The molecule has 2 N–H and O–H groups in total. The third-order valence-electron chi connectivity index (χ3n) is 1.69. The normalized spacial score (nSPS) is 15.2. The molecule has 0 heterocycles. The molecule has 0 aromatic rings. The summed E-state index contributed by atoms with van der Waals surface area (Å²) < 4.78 is 0. The van der Waals surface area contributed by atoms with Crippen LogP contribution in [-0.4, -0.2) is 23.8 Å². The number of nitrogens with one attached hydrogen (secondary N) is 1. The summed E-state index contributed by atoms with van der Waals surface area (Å²) in [5.41, 5.74) is 0. The van der Waals surface area contributed by atoms with Gasteiger partial charge in [0.05, 0.1) is 18.6 Å². The molecule has 70 valence electrons. The van der Waals surface area contributed by atoms with Gasteiger partial charge in [-0.2, -0.15) is 5.26 Å². The molecule has 2 unspecified atom stereocenters. The van der Waals surface area contributed by atoms with Gasteiger partial charge in [-0.05, 0) is 33.2 Å². The van der Waals surface area contributed by atoms with Gasteiger partial charge in [0.25, 0.3) is 0 Å². The molecule has 0 aliphatic rings. The van der Waals surface area contributed by atoms with Crippen molar-refractivity contribution in [3.8, 4) is 6.07 Å². The molecule has 3 heteroatoms. The van der Waals surface area contributed by atoms with Crippen molar-refractivity contribution >= 4 is 0 Å². The summed E-state index contributed by atoms with van der Waals surface area (Å²) in [5.74, 6) is 0. The van der Waals surface area contributed by atoms with Crippen molar-refractivity contribution in [1.82, 2.24) is 5.32 Å². The van der Waals surface area contributed by atoms with Gasteiger partial charge < -0.3 is 10.4 Å². The predicted molar refractivity (Wildman–Crippen MR) is 48.6 cm³/mol. The Morgan fingerprint density at radius 1 is 1.50 bits per heavy atom. The maximum atomic E-state index is 8.94. The van der Waals surface area contributed by atoms with Crippen LogP contribution >= 0.6 is 0 Å². The van der Waals surface area contributed by atoms with Crippen LogP contribution in [0.5, 0.6) is 0 Å². The minimum Gasteiger partial charge on any atom is -0.393 e. The van der Waals surface area contributed by atoms with Gasteiger partial charge in [-0.3, -0.25) is 0 Å². The van der Waals surface area contributed by atoms with E-state index in [1.54, 1.807) is 6.92 Å². The molecule has 0 saturated heterocycles. The molecule has 2 atom stereocenters. The Bertz CT molecular complexity index is 140. The SMILES string of the molecule is CC(O)CCCNC(C)CC#N. The summed E-state index contributed by atoms with van der Waals surface area (Å²) in [5, 5.41) is 20.5. The monoisotopic (exact) mass is 170 g/mol. The fourth-order valence-electron chi connectivity index (χ4n) is 0.955. The number of nitriles is 1. The van der Waals surface area contributed by atoms with E-state index in [1.165, 1.54) is 0 Å². The molecule has 0 bridgehead atoms. The molecule has 0 aromatic carbocycles. The molecule has 0 amide bonds. The zero-order valence-electron chi connectivity index (χ0n) is 7.88. The van der Waals surface area contributed by atoms with Gasteiger partial charge in [-0.25, -0.2) is 0 Å². The number of aliphatic hydroxyl groups is 1. The minimum atomic E-state index is -0.210.